The van der Waals surface area contributed by atoms with Crippen molar-refractivity contribution in [3.8, 4) is 5.75 Å². The number of amides is 1. The summed E-state index contributed by atoms with van der Waals surface area (Å²) in [7, 11) is 0. The van der Waals surface area contributed by atoms with Crippen LogP contribution in [-0.4, -0.2) is 12.5 Å². The second kappa shape index (κ2) is 7.99. The van der Waals surface area contributed by atoms with Gasteiger partial charge in [-0.1, -0.05) is 47.1 Å². The van der Waals surface area contributed by atoms with E-state index >= 15 is 0 Å². The first-order valence-electron chi connectivity index (χ1n) is 7.32. The first-order chi connectivity index (χ1) is 10.6. The molecule has 2 aromatic rings. The molecule has 116 valence electrons. The van der Waals surface area contributed by atoms with Crippen molar-refractivity contribution in [1.82, 2.24) is 5.32 Å². The normalized spacial score (nSPS) is 11.8. The summed E-state index contributed by atoms with van der Waals surface area (Å²) in [6.07, 6.45) is 0.831. The zero-order chi connectivity index (χ0) is 15.9. The van der Waals surface area contributed by atoms with Gasteiger partial charge in [-0.15, -0.1) is 0 Å². The van der Waals surface area contributed by atoms with Crippen molar-refractivity contribution in [2.24, 2.45) is 0 Å². The minimum absolute atomic E-state index is 0.00158. The van der Waals surface area contributed by atoms with E-state index in [0.29, 0.717) is 5.75 Å². The van der Waals surface area contributed by atoms with Crippen LogP contribution in [0.25, 0.3) is 0 Å². The standard InChI is InChI=1S/C18H20BrNO2/c1-3-17(14-7-9-15(19)10-8-14)20-18(21)12-22-16-6-4-5-13(2)11-16/h4-11,17H,3,12H2,1-2H3,(H,20,21)/t17-/m0/s1. The third kappa shape index (κ3) is 4.88. The third-order valence-corrected chi connectivity index (χ3v) is 3.90. The summed E-state index contributed by atoms with van der Waals surface area (Å²) in [5.74, 6) is 0.600. The summed E-state index contributed by atoms with van der Waals surface area (Å²) in [5.41, 5.74) is 2.20. The Bertz CT molecular complexity index is 625. The van der Waals surface area contributed by atoms with Crippen LogP contribution in [0.5, 0.6) is 5.75 Å². The zero-order valence-electron chi connectivity index (χ0n) is 12.8. The average Bonchev–Trinajstić information content (AvgIpc) is 2.52. The van der Waals surface area contributed by atoms with Gasteiger partial charge >= 0.3 is 0 Å². The highest BCUT2D eigenvalue weighted by Crippen LogP contribution is 2.19. The molecule has 1 atom stereocenters. The molecule has 0 aromatic heterocycles. The van der Waals surface area contributed by atoms with Crippen LogP contribution in [0.1, 0.15) is 30.5 Å². The lowest BCUT2D eigenvalue weighted by molar-refractivity contribution is -0.123. The fourth-order valence-electron chi connectivity index (χ4n) is 2.21. The smallest absolute Gasteiger partial charge is 0.258 e. The van der Waals surface area contributed by atoms with Gasteiger partial charge in [-0.05, 0) is 48.7 Å². The second-order valence-electron chi connectivity index (χ2n) is 5.19. The monoisotopic (exact) mass is 361 g/mol. The Hall–Kier alpha value is -1.81. The van der Waals surface area contributed by atoms with Gasteiger partial charge in [0.1, 0.15) is 5.75 Å². The molecule has 0 aliphatic carbocycles. The quantitative estimate of drug-likeness (QED) is 0.827. The number of halogens is 1. The SMILES string of the molecule is CC[C@H](NC(=O)COc1cccc(C)c1)c1ccc(Br)cc1. The first-order valence-corrected chi connectivity index (χ1v) is 8.12. The van der Waals surface area contributed by atoms with Gasteiger partial charge < -0.3 is 10.1 Å². The van der Waals surface area contributed by atoms with E-state index in [2.05, 4.69) is 28.2 Å². The molecule has 4 heteroatoms. The Labute approximate surface area is 139 Å². The molecule has 0 saturated carbocycles. The summed E-state index contributed by atoms with van der Waals surface area (Å²) in [6, 6.07) is 15.7. The third-order valence-electron chi connectivity index (χ3n) is 3.38. The molecular formula is C18H20BrNO2. The molecule has 0 fully saturated rings. The van der Waals surface area contributed by atoms with Crippen LogP contribution >= 0.6 is 15.9 Å². The fourth-order valence-corrected chi connectivity index (χ4v) is 2.47. The van der Waals surface area contributed by atoms with Crippen LogP contribution < -0.4 is 10.1 Å². The lowest BCUT2D eigenvalue weighted by atomic mass is 10.0. The van der Waals surface area contributed by atoms with Crippen molar-refractivity contribution in [3.63, 3.8) is 0 Å². The Balaban J connectivity index is 1.90. The number of hydrogen-bond acceptors (Lipinski definition) is 2. The number of benzene rings is 2. The van der Waals surface area contributed by atoms with E-state index in [4.69, 9.17) is 4.74 Å². The Morgan fingerprint density at radius 2 is 1.95 bits per heavy atom. The van der Waals surface area contributed by atoms with Crippen LogP contribution in [0.15, 0.2) is 53.0 Å². The number of ether oxygens (including phenoxy) is 1. The summed E-state index contributed by atoms with van der Waals surface area (Å²) >= 11 is 3.42. The van der Waals surface area contributed by atoms with E-state index in [1.807, 2.05) is 55.5 Å². The number of aryl methyl sites for hydroxylation is 1. The van der Waals surface area contributed by atoms with Gasteiger partial charge in [0.2, 0.25) is 0 Å². The molecule has 2 rings (SSSR count). The molecule has 0 unspecified atom stereocenters. The summed E-state index contributed by atoms with van der Waals surface area (Å²) in [4.78, 5) is 12.1. The molecule has 0 saturated heterocycles. The van der Waals surface area contributed by atoms with Gasteiger partial charge in [0, 0.05) is 4.47 Å². The minimum atomic E-state index is -0.115. The predicted molar refractivity (Wildman–Crippen MR) is 92.0 cm³/mol. The molecule has 0 bridgehead atoms. The highest BCUT2D eigenvalue weighted by molar-refractivity contribution is 9.10. The Morgan fingerprint density at radius 3 is 2.59 bits per heavy atom. The van der Waals surface area contributed by atoms with Crippen molar-refractivity contribution >= 4 is 21.8 Å². The molecule has 0 radical (unpaired) electrons. The Kier molecular flexibility index (Phi) is 6.01. The zero-order valence-corrected chi connectivity index (χ0v) is 14.4. The highest BCUT2D eigenvalue weighted by Gasteiger charge is 2.13. The molecule has 0 aliphatic heterocycles. The van der Waals surface area contributed by atoms with Gasteiger partial charge in [-0.3, -0.25) is 4.79 Å². The maximum absolute atomic E-state index is 12.1. The van der Waals surface area contributed by atoms with Crippen molar-refractivity contribution in [2.75, 3.05) is 6.61 Å². The van der Waals surface area contributed by atoms with Crippen LogP contribution in [0.2, 0.25) is 0 Å². The predicted octanol–water partition coefficient (Wildman–Crippen LogP) is 4.40. The van der Waals surface area contributed by atoms with E-state index in [0.717, 1.165) is 22.0 Å². The minimum Gasteiger partial charge on any atom is -0.484 e. The molecule has 0 aliphatic rings. The van der Waals surface area contributed by atoms with Gasteiger partial charge in [0.05, 0.1) is 6.04 Å². The number of rotatable bonds is 6. The number of carbonyl (C=O) groups excluding carboxylic acids is 1. The van der Waals surface area contributed by atoms with Crippen molar-refractivity contribution in [1.29, 1.82) is 0 Å². The molecule has 0 spiro atoms. The Morgan fingerprint density at radius 1 is 1.23 bits per heavy atom. The summed E-state index contributed by atoms with van der Waals surface area (Å²) < 4.78 is 6.56. The van der Waals surface area contributed by atoms with Gasteiger partial charge in [-0.2, -0.15) is 0 Å². The molecular weight excluding hydrogens is 342 g/mol. The van der Waals surface area contributed by atoms with E-state index < -0.39 is 0 Å². The van der Waals surface area contributed by atoms with Crippen molar-refractivity contribution in [2.45, 2.75) is 26.3 Å². The second-order valence-corrected chi connectivity index (χ2v) is 6.10. The molecule has 22 heavy (non-hydrogen) atoms. The van der Waals surface area contributed by atoms with Crippen molar-refractivity contribution in [3.05, 3.63) is 64.1 Å². The highest BCUT2D eigenvalue weighted by atomic mass is 79.9. The topological polar surface area (TPSA) is 38.3 Å². The lowest BCUT2D eigenvalue weighted by Crippen LogP contribution is -2.32. The maximum Gasteiger partial charge on any atom is 0.258 e. The average molecular weight is 362 g/mol. The van der Waals surface area contributed by atoms with E-state index in [9.17, 15) is 4.79 Å². The number of nitrogens with one attached hydrogen (secondary N) is 1. The molecule has 3 nitrogen and oxygen atoms in total. The van der Waals surface area contributed by atoms with E-state index in [-0.39, 0.29) is 18.6 Å². The van der Waals surface area contributed by atoms with E-state index in [1.54, 1.807) is 0 Å². The number of carbonyl (C=O) groups is 1. The summed E-state index contributed by atoms with van der Waals surface area (Å²) in [6.45, 7) is 4.07. The van der Waals surface area contributed by atoms with Crippen LogP contribution in [0.3, 0.4) is 0 Å². The lowest BCUT2D eigenvalue weighted by Gasteiger charge is -2.18. The first kappa shape index (κ1) is 16.6. The molecule has 0 heterocycles. The van der Waals surface area contributed by atoms with Gasteiger partial charge in [-0.25, -0.2) is 0 Å². The molecule has 2 aromatic carbocycles. The number of hydrogen-bond donors (Lipinski definition) is 1. The van der Waals surface area contributed by atoms with E-state index in [1.165, 1.54) is 0 Å². The van der Waals surface area contributed by atoms with Gasteiger partial charge in [0.25, 0.3) is 5.91 Å². The van der Waals surface area contributed by atoms with Crippen LogP contribution in [0.4, 0.5) is 0 Å². The van der Waals surface area contributed by atoms with Gasteiger partial charge in [0.15, 0.2) is 6.61 Å². The van der Waals surface area contributed by atoms with Crippen LogP contribution in [-0.2, 0) is 4.79 Å². The van der Waals surface area contributed by atoms with Crippen LogP contribution in [0, 0.1) is 6.92 Å². The molecule has 1 amide bonds. The van der Waals surface area contributed by atoms with Crippen molar-refractivity contribution < 1.29 is 9.53 Å². The molecule has 1 N–H and O–H groups in total. The maximum atomic E-state index is 12.1. The summed E-state index contributed by atoms with van der Waals surface area (Å²) in [5, 5.41) is 3.01. The largest absolute Gasteiger partial charge is 0.484 e. The fraction of sp³-hybridized carbons (Fsp3) is 0.278.